The number of phenolic OH excluding ortho intramolecular Hbond substituents is 1. The lowest BCUT2D eigenvalue weighted by atomic mass is 9.48. The first-order valence-corrected chi connectivity index (χ1v) is 9.70. The van der Waals surface area contributed by atoms with Gasteiger partial charge in [0, 0.05) is 31.1 Å². The van der Waals surface area contributed by atoms with Crippen LogP contribution < -0.4 is 4.74 Å². The van der Waals surface area contributed by atoms with Gasteiger partial charge in [-0.2, -0.15) is 0 Å². The molecule has 1 aromatic carbocycles. The third-order valence-electron chi connectivity index (χ3n) is 7.15. The number of ether oxygens (including phenoxy) is 2. The van der Waals surface area contributed by atoms with Crippen molar-refractivity contribution < 1.29 is 29.3 Å². The summed E-state index contributed by atoms with van der Waals surface area (Å²) in [7, 11) is 0. The number of nitrogens with zero attached hydrogens (tertiary/aromatic N) is 1. The number of aromatic hydroxyl groups is 1. The van der Waals surface area contributed by atoms with Gasteiger partial charge in [-0.3, -0.25) is 9.69 Å². The van der Waals surface area contributed by atoms with Gasteiger partial charge in [0.15, 0.2) is 23.4 Å². The van der Waals surface area contributed by atoms with Crippen LogP contribution in [0.2, 0.25) is 0 Å². The fourth-order valence-corrected chi connectivity index (χ4v) is 6.25. The molecule has 5 rings (SSSR count). The van der Waals surface area contributed by atoms with Crippen LogP contribution in [0.25, 0.3) is 0 Å². The van der Waals surface area contributed by atoms with E-state index in [1.807, 2.05) is 12.1 Å². The summed E-state index contributed by atoms with van der Waals surface area (Å²) in [6.45, 7) is 4.84. The minimum Gasteiger partial charge on any atom is -0.504 e. The van der Waals surface area contributed by atoms with Gasteiger partial charge in [0.2, 0.25) is 0 Å². The molecule has 148 valence electrons. The number of carboxylic acid groups (broad SMARTS) is 1. The highest BCUT2D eigenvalue weighted by atomic mass is 16.5. The second kappa shape index (κ2) is 5.81. The highest BCUT2D eigenvalue weighted by Gasteiger charge is 2.74. The van der Waals surface area contributed by atoms with Crippen molar-refractivity contribution in [2.75, 3.05) is 19.7 Å². The molecule has 2 bridgehead atoms. The summed E-state index contributed by atoms with van der Waals surface area (Å²) in [6, 6.07) is 3.43. The number of carbonyl (C=O) groups is 2. The third kappa shape index (κ3) is 1.96. The molecule has 28 heavy (non-hydrogen) atoms. The minimum absolute atomic E-state index is 0.00563. The van der Waals surface area contributed by atoms with Crippen molar-refractivity contribution in [3.05, 3.63) is 35.9 Å². The Hall–Kier alpha value is -2.38. The lowest BCUT2D eigenvalue weighted by molar-refractivity contribution is -0.215. The largest absolute Gasteiger partial charge is 0.504 e. The van der Waals surface area contributed by atoms with Crippen LogP contribution in [0.1, 0.15) is 30.4 Å². The van der Waals surface area contributed by atoms with E-state index in [-0.39, 0.29) is 24.0 Å². The number of rotatable bonds is 5. The Balaban J connectivity index is 1.77. The van der Waals surface area contributed by atoms with Crippen LogP contribution in [-0.2, 0) is 26.2 Å². The molecule has 4 aliphatic rings. The van der Waals surface area contributed by atoms with E-state index >= 15 is 0 Å². The van der Waals surface area contributed by atoms with Gasteiger partial charge in [-0.1, -0.05) is 12.1 Å². The predicted octanol–water partition coefficient (Wildman–Crippen LogP) is 1.41. The Morgan fingerprint density at radius 2 is 2.25 bits per heavy atom. The first-order valence-electron chi connectivity index (χ1n) is 9.70. The molecule has 0 aromatic heterocycles. The van der Waals surface area contributed by atoms with Crippen molar-refractivity contribution in [3.8, 4) is 11.5 Å². The predicted molar refractivity (Wildman–Crippen MR) is 98.6 cm³/mol. The Labute approximate surface area is 162 Å². The summed E-state index contributed by atoms with van der Waals surface area (Å²) in [4.78, 5) is 26.6. The topological polar surface area (TPSA) is 96.3 Å². The molecule has 2 aliphatic heterocycles. The quantitative estimate of drug-likeness (QED) is 0.740. The molecular formula is C21H23NO6. The maximum atomic E-state index is 12.9. The van der Waals surface area contributed by atoms with Crippen molar-refractivity contribution in [1.82, 2.24) is 4.90 Å². The number of phenols is 1. The highest BCUT2D eigenvalue weighted by Crippen LogP contribution is 2.65. The molecule has 7 nitrogen and oxygen atoms in total. The molecule has 0 unspecified atom stereocenters. The maximum Gasteiger partial charge on any atom is 0.329 e. The van der Waals surface area contributed by atoms with Crippen LogP contribution in [0.4, 0.5) is 0 Å². The maximum absolute atomic E-state index is 12.9. The van der Waals surface area contributed by atoms with Crippen LogP contribution in [0.15, 0.2) is 24.8 Å². The van der Waals surface area contributed by atoms with E-state index in [0.29, 0.717) is 31.6 Å². The van der Waals surface area contributed by atoms with Gasteiger partial charge in [0.1, 0.15) is 6.61 Å². The molecule has 2 heterocycles. The molecule has 0 radical (unpaired) electrons. The molecule has 2 N–H and O–H groups in total. The number of aliphatic carboxylic acids is 1. The number of ketones is 1. The van der Waals surface area contributed by atoms with Crippen molar-refractivity contribution in [3.63, 3.8) is 0 Å². The number of Topliss-reactive ketones (excluding diaryl/α,β-unsaturated/α-hetero) is 1. The summed E-state index contributed by atoms with van der Waals surface area (Å²) in [5, 5.41) is 19.8. The van der Waals surface area contributed by atoms with E-state index in [1.54, 1.807) is 6.07 Å². The molecule has 1 aromatic rings. The van der Waals surface area contributed by atoms with E-state index < -0.39 is 29.7 Å². The molecule has 1 saturated heterocycles. The average Bonchev–Trinajstić information content (AvgIpc) is 3.02. The lowest BCUT2D eigenvalue weighted by Crippen LogP contribution is -2.77. The average molecular weight is 385 g/mol. The van der Waals surface area contributed by atoms with E-state index in [2.05, 4.69) is 11.5 Å². The summed E-state index contributed by atoms with van der Waals surface area (Å²) >= 11 is 0. The smallest absolute Gasteiger partial charge is 0.329 e. The van der Waals surface area contributed by atoms with Crippen LogP contribution in [0.5, 0.6) is 11.5 Å². The van der Waals surface area contributed by atoms with Crippen molar-refractivity contribution in [2.45, 2.75) is 48.8 Å². The molecule has 4 atom stereocenters. The van der Waals surface area contributed by atoms with Crippen molar-refractivity contribution in [1.29, 1.82) is 0 Å². The zero-order valence-corrected chi connectivity index (χ0v) is 15.5. The second-order valence-corrected chi connectivity index (χ2v) is 8.21. The lowest BCUT2D eigenvalue weighted by Gasteiger charge is -2.64. The highest BCUT2D eigenvalue weighted by molar-refractivity contribution is 5.90. The minimum atomic E-state index is -1.03. The molecule has 0 amide bonds. The first-order chi connectivity index (χ1) is 13.4. The second-order valence-electron chi connectivity index (χ2n) is 8.21. The Morgan fingerprint density at radius 3 is 3.00 bits per heavy atom. The molecule has 7 heteroatoms. The Morgan fingerprint density at radius 1 is 1.43 bits per heavy atom. The number of piperidine rings is 1. The summed E-state index contributed by atoms with van der Waals surface area (Å²) in [5.74, 6) is -0.645. The molecule has 1 saturated carbocycles. The van der Waals surface area contributed by atoms with Crippen molar-refractivity contribution >= 4 is 11.8 Å². The van der Waals surface area contributed by atoms with E-state index in [4.69, 9.17) is 9.47 Å². The van der Waals surface area contributed by atoms with Crippen LogP contribution in [0, 0.1) is 0 Å². The molecule has 2 fully saturated rings. The van der Waals surface area contributed by atoms with Crippen molar-refractivity contribution in [2.24, 2.45) is 0 Å². The first kappa shape index (κ1) is 17.7. The summed E-state index contributed by atoms with van der Waals surface area (Å²) < 4.78 is 12.3. The zero-order valence-electron chi connectivity index (χ0n) is 15.5. The van der Waals surface area contributed by atoms with Gasteiger partial charge < -0.3 is 19.7 Å². The molecular weight excluding hydrogens is 362 g/mol. The standard InChI is InChI=1S/C21H23NO6/c1-2-8-22-9-7-20-17-12-3-4-13(23)18(17)28-19(20)14(24)5-6-21(20,15(22)10-12)27-11-16(25)26/h2-4,15,19,23H,1,5-11H2,(H,25,26)/t15-,19+,20+,21-/m1/s1. The SMILES string of the molecule is C=CCN1CC[C@]23c4c5ccc(O)c4O[C@H]2C(=O)CC[C@@]3(OCC(=O)O)[C@H]1C5. The number of benzene rings is 1. The monoisotopic (exact) mass is 385 g/mol. The van der Waals surface area contributed by atoms with Gasteiger partial charge in [-0.15, -0.1) is 6.58 Å². The normalized spacial score (nSPS) is 35.2. The number of carbonyl (C=O) groups excluding carboxylic acids is 1. The zero-order chi connectivity index (χ0) is 19.7. The van der Waals surface area contributed by atoms with E-state index in [9.17, 15) is 19.8 Å². The fraction of sp³-hybridized carbons (Fsp3) is 0.524. The van der Waals surface area contributed by atoms with E-state index in [0.717, 1.165) is 17.7 Å². The summed E-state index contributed by atoms with van der Waals surface area (Å²) in [6.07, 6.45) is 3.09. The summed E-state index contributed by atoms with van der Waals surface area (Å²) in [5.41, 5.74) is 0.280. The van der Waals surface area contributed by atoms with Crippen LogP contribution in [0.3, 0.4) is 0 Å². The fourth-order valence-electron chi connectivity index (χ4n) is 6.25. The number of likely N-dealkylation sites (tertiary alicyclic amines) is 1. The Bertz CT molecular complexity index is 897. The third-order valence-corrected chi connectivity index (χ3v) is 7.15. The number of hydrogen-bond acceptors (Lipinski definition) is 6. The van der Waals surface area contributed by atoms with Gasteiger partial charge in [-0.25, -0.2) is 4.79 Å². The van der Waals surface area contributed by atoms with Crippen LogP contribution in [-0.4, -0.2) is 64.3 Å². The van der Waals surface area contributed by atoms with Gasteiger partial charge in [-0.05, 0) is 30.9 Å². The van der Waals surface area contributed by atoms with Gasteiger partial charge >= 0.3 is 5.97 Å². The van der Waals surface area contributed by atoms with Gasteiger partial charge in [0.05, 0.1) is 11.0 Å². The Kier molecular flexibility index (Phi) is 3.67. The molecule has 1 spiro atoms. The van der Waals surface area contributed by atoms with Crippen LogP contribution >= 0.6 is 0 Å². The number of carboxylic acids is 1. The van der Waals surface area contributed by atoms with Gasteiger partial charge in [0.25, 0.3) is 0 Å². The number of hydrogen-bond donors (Lipinski definition) is 2. The molecule has 2 aliphatic carbocycles. The van der Waals surface area contributed by atoms with E-state index in [1.165, 1.54) is 0 Å².